The lowest BCUT2D eigenvalue weighted by Gasteiger charge is -2.37. The van der Waals surface area contributed by atoms with E-state index in [0.717, 1.165) is 19.5 Å². The Labute approximate surface area is 129 Å². The fourth-order valence-corrected chi connectivity index (χ4v) is 3.67. The highest BCUT2D eigenvalue weighted by molar-refractivity contribution is 5.13. The maximum Gasteiger partial charge on any atom is 0.0537 e. The van der Waals surface area contributed by atoms with Crippen molar-refractivity contribution in [1.82, 2.24) is 20.0 Å². The maximum absolute atomic E-state index is 4.57. The SMILES string of the molecule is CCCn1cc(C2C(CNC)CCCCN2C(C)C)cn1. The number of aryl methyl sites for hydroxylation is 1. The lowest BCUT2D eigenvalue weighted by Crippen LogP contribution is -2.40. The van der Waals surface area contributed by atoms with E-state index in [4.69, 9.17) is 0 Å². The normalized spacial score (nSPS) is 24.4. The summed E-state index contributed by atoms with van der Waals surface area (Å²) in [6, 6.07) is 1.09. The number of hydrogen-bond donors (Lipinski definition) is 1. The summed E-state index contributed by atoms with van der Waals surface area (Å²) >= 11 is 0. The Bertz CT molecular complexity index is 413. The van der Waals surface area contributed by atoms with Crippen LogP contribution in [0.3, 0.4) is 0 Å². The molecule has 1 N–H and O–H groups in total. The third-order valence-electron chi connectivity index (χ3n) is 4.62. The van der Waals surface area contributed by atoms with Gasteiger partial charge in [0.25, 0.3) is 0 Å². The topological polar surface area (TPSA) is 33.1 Å². The van der Waals surface area contributed by atoms with Gasteiger partial charge in [-0.2, -0.15) is 5.10 Å². The molecule has 21 heavy (non-hydrogen) atoms. The smallest absolute Gasteiger partial charge is 0.0537 e. The van der Waals surface area contributed by atoms with Crippen LogP contribution >= 0.6 is 0 Å². The lowest BCUT2D eigenvalue weighted by atomic mass is 9.90. The van der Waals surface area contributed by atoms with Crippen LogP contribution in [-0.4, -0.2) is 40.9 Å². The minimum Gasteiger partial charge on any atom is -0.319 e. The van der Waals surface area contributed by atoms with Gasteiger partial charge in [0.2, 0.25) is 0 Å². The van der Waals surface area contributed by atoms with Crippen molar-refractivity contribution in [3.05, 3.63) is 18.0 Å². The van der Waals surface area contributed by atoms with Crippen molar-refractivity contribution in [2.75, 3.05) is 20.1 Å². The number of hydrogen-bond acceptors (Lipinski definition) is 3. The van der Waals surface area contributed by atoms with Crippen molar-refractivity contribution < 1.29 is 0 Å². The molecule has 2 unspecified atom stereocenters. The second-order valence-corrected chi connectivity index (χ2v) is 6.63. The second kappa shape index (κ2) is 7.95. The quantitative estimate of drug-likeness (QED) is 0.875. The van der Waals surface area contributed by atoms with E-state index in [1.54, 1.807) is 0 Å². The van der Waals surface area contributed by atoms with Crippen LogP contribution in [0.1, 0.15) is 58.1 Å². The molecule has 1 aromatic rings. The van der Waals surface area contributed by atoms with Gasteiger partial charge in [0, 0.05) is 30.4 Å². The number of nitrogens with zero attached hydrogens (tertiary/aromatic N) is 3. The van der Waals surface area contributed by atoms with E-state index in [2.05, 4.69) is 60.2 Å². The Kier molecular flexibility index (Phi) is 6.24. The molecule has 0 aromatic carbocycles. The highest BCUT2D eigenvalue weighted by atomic mass is 15.3. The van der Waals surface area contributed by atoms with Gasteiger partial charge >= 0.3 is 0 Å². The van der Waals surface area contributed by atoms with Crippen molar-refractivity contribution in [3.8, 4) is 0 Å². The van der Waals surface area contributed by atoms with Crippen LogP contribution in [-0.2, 0) is 6.54 Å². The molecule has 0 saturated carbocycles. The zero-order valence-corrected chi connectivity index (χ0v) is 14.2. The first-order chi connectivity index (χ1) is 10.2. The van der Waals surface area contributed by atoms with E-state index < -0.39 is 0 Å². The fourth-order valence-electron chi connectivity index (χ4n) is 3.67. The number of nitrogens with one attached hydrogen (secondary N) is 1. The summed E-state index contributed by atoms with van der Waals surface area (Å²) in [4.78, 5) is 2.68. The Balaban J connectivity index is 2.27. The average Bonchev–Trinajstić information content (AvgIpc) is 2.79. The predicted molar refractivity (Wildman–Crippen MR) is 88.4 cm³/mol. The average molecular weight is 292 g/mol. The van der Waals surface area contributed by atoms with Gasteiger partial charge in [0.05, 0.1) is 6.20 Å². The van der Waals surface area contributed by atoms with Gasteiger partial charge in [0.1, 0.15) is 0 Å². The fraction of sp³-hybridized carbons (Fsp3) is 0.824. The van der Waals surface area contributed by atoms with Gasteiger partial charge < -0.3 is 5.32 Å². The molecule has 120 valence electrons. The summed E-state index contributed by atoms with van der Waals surface area (Å²) in [6.07, 6.45) is 9.49. The highest BCUT2D eigenvalue weighted by Gasteiger charge is 2.32. The largest absolute Gasteiger partial charge is 0.319 e. The van der Waals surface area contributed by atoms with Crippen LogP contribution in [0.15, 0.2) is 12.4 Å². The molecule has 1 aliphatic rings. The molecule has 0 bridgehead atoms. The van der Waals surface area contributed by atoms with Crippen LogP contribution in [0.2, 0.25) is 0 Å². The van der Waals surface area contributed by atoms with E-state index in [9.17, 15) is 0 Å². The van der Waals surface area contributed by atoms with Crippen molar-refractivity contribution in [2.45, 2.75) is 65.1 Å². The third kappa shape index (κ3) is 4.07. The van der Waals surface area contributed by atoms with Crippen molar-refractivity contribution >= 4 is 0 Å². The maximum atomic E-state index is 4.57. The molecule has 0 aliphatic carbocycles. The Morgan fingerprint density at radius 3 is 2.86 bits per heavy atom. The summed E-state index contributed by atoms with van der Waals surface area (Å²) < 4.78 is 2.11. The van der Waals surface area contributed by atoms with Gasteiger partial charge in [0.15, 0.2) is 0 Å². The first-order valence-corrected chi connectivity index (χ1v) is 8.60. The molecule has 2 rings (SSSR count). The van der Waals surface area contributed by atoms with Crippen LogP contribution < -0.4 is 5.32 Å². The number of aromatic nitrogens is 2. The molecule has 1 saturated heterocycles. The first-order valence-electron chi connectivity index (χ1n) is 8.60. The van der Waals surface area contributed by atoms with Crippen LogP contribution in [0, 0.1) is 5.92 Å². The summed E-state index contributed by atoms with van der Waals surface area (Å²) in [6.45, 7) is 10.2. The molecule has 0 radical (unpaired) electrons. The summed E-state index contributed by atoms with van der Waals surface area (Å²) in [5.74, 6) is 0.680. The lowest BCUT2D eigenvalue weighted by molar-refractivity contribution is 0.118. The molecule has 1 fully saturated rings. The standard InChI is InChI=1S/C17H32N4/c1-5-9-20-13-16(12-19-20)17-15(11-18-4)8-6-7-10-21(17)14(2)3/h12-15,17-18H,5-11H2,1-4H3. The molecular formula is C17H32N4. The van der Waals surface area contributed by atoms with E-state index in [1.807, 2.05) is 0 Å². The van der Waals surface area contributed by atoms with E-state index in [0.29, 0.717) is 18.0 Å². The van der Waals surface area contributed by atoms with Crippen LogP contribution in [0.5, 0.6) is 0 Å². The zero-order valence-electron chi connectivity index (χ0n) is 14.2. The first kappa shape index (κ1) is 16.5. The van der Waals surface area contributed by atoms with E-state index >= 15 is 0 Å². The Morgan fingerprint density at radius 1 is 1.38 bits per heavy atom. The molecular weight excluding hydrogens is 260 g/mol. The van der Waals surface area contributed by atoms with E-state index in [-0.39, 0.29) is 0 Å². The predicted octanol–water partition coefficient (Wildman–Crippen LogP) is 3.06. The minimum absolute atomic E-state index is 0.505. The molecule has 0 amide bonds. The summed E-state index contributed by atoms with van der Waals surface area (Å²) in [5.41, 5.74) is 1.40. The van der Waals surface area contributed by atoms with Crippen molar-refractivity contribution in [1.29, 1.82) is 0 Å². The van der Waals surface area contributed by atoms with Crippen molar-refractivity contribution in [3.63, 3.8) is 0 Å². The molecule has 2 heterocycles. The highest BCUT2D eigenvalue weighted by Crippen LogP contribution is 2.36. The molecule has 1 aromatic heterocycles. The van der Waals surface area contributed by atoms with Crippen LogP contribution in [0.4, 0.5) is 0 Å². The van der Waals surface area contributed by atoms with Gasteiger partial charge in [-0.15, -0.1) is 0 Å². The molecule has 4 heteroatoms. The van der Waals surface area contributed by atoms with Gasteiger partial charge in [-0.25, -0.2) is 0 Å². The Hall–Kier alpha value is -0.870. The van der Waals surface area contributed by atoms with Crippen molar-refractivity contribution in [2.24, 2.45) is 5.92 Å². The third-order valence-corrected chi connectivity index (χ3v) is 4.62. The summed E-state index contributed by atoms with van der Waals surface area (Å²) in [5, 5.41) is 7.97. The van der Waals surface area contributed by atoms with Gasteiger partial charge in [-0.1, -0.05) is 13.3 Å². The molecule has 1 aliphatic heterocycles. The number of likely N-dealkylation sites (tertiary alicyclic amines) is 1. The second-order valence-electron chi connectivity index (χ2n) is 6.63. The van der Waals surface area contributed by atoms with E-state index in [1.165, 1.54) is 31.4 Å². The molecule has 4 nitrogen and oxygen atoms in total. The monoisotopic (exact) mass is 292 g/mol. The number of rotatable bonds is 6. The zero-order chi connectivity index (χ0) is 15.2. The van der Waals surface area contributed by atoms with Crippen LogP contribution in [0.25, 0.3) is 0 Å². The molecule has 0 spiro atoms. The molecule has 2 atom stereocenters. The summed E-state index contributed by atoms with van der Waals surface area (Å²) in [7, 11) is 2.07. The van der Waals surface area contributed by atoms with Gasteiger partial charge in [-0.3, -0.25) is 9.58 Å². The Morgan fingerprint density at radius 2 is 2.19 bits per heavy atom. The van der Waals surface area contributed by atoms with Gasteiger partial charge in [-0.05, 0) is 59.2 Å². The minimum atomic E-state index is 0.505.